The molecule has 23 heavy (non-hydrogen) atoms. The van der Waals surface area contributed by atoms with Gasteiger partial charge in [0.1, 0.15) is 0 Å². The van der Waals surface area contributed by atoms with Gasteiger partial charge >= 0.3 is 6.18 Å². The summed E-state index contributed by atoms with van der Waals surface area (Å²) in [5.41, 5.74) is 1.15. The molecule has 0 aliphatic carbocycles. The largest absolute Gasteiger partial charge is 0.416 e. The van der Waals surface area contributed by atoms with E-state index in [0.29, 0.717) is 5.82 Å². The van der Waals surface area contributed by atoms with E-state index in [9.17, 15) is 13.2 Å². The first-order valence-corrected chi connectivity index (χ1v) is 7.42. The maximum atomic E-state index is 12.9. The molecule has 0 saturated heterocycles. The van der Waals surface area contributed by atoms with Crippen molar-refractivity contribution < 1.29 is 17.7 Å². The van der Waals surface area contributed by atoms with Crippen LogP contribution >= 0.6 is 15.9 Å². The summed E-state index contributed by atoms with van der Waals surface area (Å²) in [6, 6.07) is 10.9. The lowest BCUT2D eigenvalue weighted by Gasteiger charge is -2.08. The number of aromatic nitrogens is 2. The van der Waals surface area contributed by atoms with Gasteiger partial charge in [0, 0.05) is 15.6 Å². The van der Waals surface area contributed by atoms with Crippen molar-refractivity contribution in [2.24, 2.45) is 0 Å². The molecular formula is C16H10BrF3N2O. The first kappa shape index (κ1) is 15.7. The van der Waals surface area contributed by atoms with Crippen LogP contribution in [0.3, 0.4) is 0 Å². The van der Waals surface area contributed by atoms with Crippen LogP contribution in [0.5, 0.6) is 0 Å². The normalized spacial score (nSPS) is 11.7. The number of nitrogens with zero attached hydrogens (tertiary/aromatic N) is 2. The molecule has 2 aromatic carbocycles. The molecule has 0 amide bonds. The lowest BCUT2D eigenvalue weighted by molar-refractivity contribution is -0.137. The molecule has 3 aromatic rings. The van der Waals surface area contributed by atoms with Gasteiger partial charge in [-0.1, -0.05) is 45.4 Å². The van der Waals surface area contributed by atoms with E-state index in [4.69, 9.17) is 4.52 Å². The van der Waals surface area contributed by atoms with Crippen LogP contribution in [0.15, 0.2) is 51.5 Å². The minimum Gasteiger partial charge on any atom is -0.334 e. The molecule has 0 fully saturated rings. The summed E-state index contributed by atoms with van der Waals surface area (Å²) in [4.78, 5) is 4.21. The highest BCUT2D eigenvalue weighted by Gasteiger charge is 2.31. The number of halogens is 4. The maximum Gasteiger partial charge on any atom is 0.416 e. The second kappa shape index (κ2) is 5.81. The van der Waals surface area contributed by atoms with Gasteiger partial charge in [-0.05, 0) is 30.7 Å². The molecule has 0 spiro atoms. The standard InChI is InChI=1S/C16H10BrF3N2O/c1-9-4-2-3-5-13(9)14-21-15(23-22-14)10-6-11(16(18,19)20)8-12(17)7-10/h2-8H,1H3. The molecule has 7 heteroatoms. The Morgan fingerprint density at radius 3 is 2.52 bits per heavy atom. The van der Waals surface area contributed by atoms with Crippen molar-refractivity contribution in [3.8, 4) is 22.8 Å². The van der Waals surface area contributed by atoms with E-state index in [1.807, 2.05) is 31.2 Å². The Bertz CT molecular complexity index is 859. The van der Waals surface area contributed by atoms with E-state index >= 15 is 0 Å². The average molecular weight is 383 g/mol. The molecule has 0 aliphatic heterocycles. The van der Waals surface area contributed by atoms with Gasteiger partial charge in [-0.2, -0.15) is 18.2 Å². The Hall–Kier alpha value is -2.15. The molecule has 0 N–H and O–H groups in total. The molecule has 0 unspecified atom stereocenters. The van der Waals surface area contributed by atoms with Crippen LogP contribution in [0.25, 0.3) is 22.8 Å². The third-order valence-electron chi connectivity index (χ3n) is 3.28. The van der Waals surface area contributed by atoms with Crippen molar-refractivity contribution in [2.45, 2.75) is 13.1 Å². The number of alkyl halides is 3. The molecule has 3 nitrogen and oxygen atoms in total. The zero-order valence-electron chi connectivity index (χ0n) is 11.9. The van der Waals surface area contributed by atoms with E-state index < -0.39 is 11.7 Å². The Kier molecular flexibility index (Phi) is 3.97. The zero-order valence-corrected chi connectivity index (χ0v) is 13.4. The van der Waals surface area contributed by atoms with Gasteiger partial charge in [-0.3, -0.25) is 0 Å². The summed E-state index contributed by atoms with van der Waals surface area (Å²) in [7, 11) is 0. The predicted molar refractivity (Wildman–Crippen MR) is 82.6 cm³/mol. The summed E-state index contributed by atoms with van der Waals surface area (Å²) in [5, 5.41) is 3.86. The van der Waals surface area contributed by atoms with E-state index in [2.05, 4.69) is 26.1 Å². The smallest absolute Gasteiger partial charge is 0.334 e. The van der Waals surface area contributed by atoms with Crippen LogP contribution in [-0.4, -0.2) is 10.1 Å². The topological polar surface area (TPSA) is 38.9 Å². The lowest BCUT2D eigenvalue weighted by atomic mass is 10.1. The SMILES string of the molecule is Cc1ccccc1-c1noc(-c2cc(Br)cc(C(F)(F)F)c2)n1. The Labute approximate surface area is 138 Å². The summed E-state index contributed by atoms with van der Waals surface area (Å²) >= 11 is 3.08. The average Bonchev–Trinajstić information content (AvgIpc) is 2.96. The van der Waals surface area contributed by atoms with Crippen molar-refractivity contribution in [1.82, 2.24) is 10.1 Å². The number of aryl methyl sites for hydroxylation is 1. The number of hydrogen-bond acceptors (Lipinski definition) is 3. The molecule has 0 aliphatic rings. The van der Waals surface area contributed by atoms with Gasteiger partial charge < -0.3 is 4.52 Å². The minimum absolute atomic E-state index is 0.0371. The molecule has 0 bridgehead atoms. The first-order chi connectivity index (χ1) is 10.8. The molecule has 1 heterocycles. The Morgan fingerprint density at radius 1 is 1.09 bits per heavy atom. The highest BCUT2D eigenvalue weighted by Crippen LogP contribution is 2.35. The van der Waals surface area contributed by atoms with Crippen LogP contribution in [0.2, 0.25) is 0 Å². The quantitative estimate of drug-likeness (QED) is 0.587. The van der Waals surface area contributed by atoms with E-state index in [-0.39, 0.29) is 15.9 Å². The van der Waals surface area contributed by atoms with Crippen molar-refractivity contribution in [2.75, 3.05) is 0 Å². The van der Waals surface area contributed by atoms with Crippen LogP contribution in [-0.2, 0) is 6.18 Å². The molecular weight excluding hydrogens is 373 g/mol. The van der Waals surface area contributed by atoms with Crippen molar-refractivity contribution in [3.05, 3.63) is 58.1 Å². The summed E-state index contributed by atoms with van der Waals surface area (Å²) < 4.78 is 44.1. The second-order valence-electron chi connectivity index (χ2n) is 4.96. The first-order valence-electron chi connectivity index (χ1n) is 6.62. The molecule has 0 saturated carbocycles. The third-order valence-corrected chi connectivity index (χ3v) is 3.74. The monoisotopic (exact) mass is 382 g/mol. The van der Waals surface area contributed by atoms with E-state index in [1.165, 1.54) is 6.07 Å². The highest BCUT2D eigenvalue weighted by molar-refractivity contribution is 9.10. The fourth-order valence-corrected chi connectivity index (χ4v) is 2.64. The lowest BCUT2D eigenvalue weighted by Crippen LogP contribution is -2.04. The van der Waals surface area contributed by atoms with E-state index in [0.717, 1.165) is 23.3 Å². The predicted octanol–water partition coefficient (Wildman–Crippen LogP) is 5.49. The summed E-state index contributed by atoms with van der Waals surface area (Å²) in [6.07, 6.45) is -4.45. The van der Waals surface area contributed by atoms with Crippen LogP contribution < -0.4 is 0 Å². The van der Waals surface area contributed by atoms with E-state index in [1.54, 1.807) is 0 Å². The third kappa shape index (κ3) is 3.29. The van der Waals surface area contributed by atoms with Crippen molar-refractivity contribution in [1.29, 1.82) is 0 Å². The number of benzene rings is 2. The van der Waals surface area contributed by atoms with Gasteiger partial charge in [0.05, 0.1) is 5.56 Å². The van der Waals surface area contributed by atoms with Crippen LogP contribution in [0.1, 0.15) is 11.1 Å². The van der Waals surface area contributed by atoms with Gasteiger partial charge in [0.15, 0.2) is 0 Å². The Morgan fingerprint density at radius 2 is 1.83 bits per heavy atom. The number of hydrogen-bond donors (Lipinski definition) is 0. The molecule has 3 rings (SSSR count). The maximum absolute atomic E-state index is 12.9. The van der Waals surface area contributed by atoms with Gasteiger partial charge in [0.2, 0.25) is 5.82 Å². The highest BCUT2D eigenvalue weighted by atomic mass is 79.9. The second-order valence-corrected chi connectivity index (χ2v) is 5.88. The fraction of sp³-hybridized carbons (Fsp3) is 0.125. The van der Waals surface area contributed by atoms with Crippen molar-refractivity contribution >= 4 is 15.9 Å². The molecule has 0 atom stereocenters. The Balaban J connectivity index is 2.04. The van der Waals surface area contributed by atoms with Gasteiger partial charge in [-0.25, -0.2) is 0 Å². The number of rotatable bonds is 2. The van der Waals surface area contributed by atoms with Gasteiger partial charge in [0.25, 0.3) is 5.89 Å². The summed E-state index contributed by atoms with van der Waals surface area (Å²) in [6.45, 7) is 1.90. The van der Waals surface area contributed by atoms with Crippen LogP contribution in [0.4, 0.5) is 13.2 Å². The molecule has 118 valence electrons. The zero-order chi connectivity index (χ0) is 16.6. The van der Waals surface area contributed by atoms with Gasteiger partial charge in [-0.15, -0.1) is 0 Å². The van der Waals surface area contributed by atoms with Crippen molar-refractivity contribution in [3.63, 3.8) is 0 Å². The molecule has 1 aromatic heterocycles. The van der Waals surface area contributed by atoms with Crippen LogP contribution in [0, 0.1) is 6.92 Å². The summed E-state index contributed by atoms with van der Waals surface area (Å²) in [5.74, 6) is 0.377. The molecule has 0 radical (unpaired) electrons. The fourth-order valence-electron chi connectivity index (χ4n) is 2.15. The minimum atomic E-state index is -4.45.